The standard InChI is InChI=1S/C11H16N4O2/c1-15(7-13-12)5-8-2-3-10-9(4-8)14-11(16)6-17-10/h2-4,13H,5-7,12H2,1H3,(H,14,16). The molecule has 0 fully saturated rings. The minimum Gasteiger partial charge on any atom is -0.482 e. The molecule has 2 rings (SSSR count). The van der Waals surface area contributed by atoms with E-state index in [1.807, 2.05) is 30.1 Å². The number of hydrogen-bond donors (Lipinski definition) is 3. The van der Waals surface area contributed by atoms with Crippen LogP contribution in [0.25, 0.3) is 0 Å². The van der Waals surface area contributed by atoms with Gasteiger partial charge in [0.25, 0.3) is 5.91 Å². The van der Waals surface area contributed by atoms with Gasteiger partial charge in [0.15, 0.2) is 6.61 Å². The Morgan fingerprint density at radius 2 is 2.41 bits per heavy atom. The zero-order valence-electron chi connectivity index (χ0n) is 9.69. The van der Waals surface area contributed by atoms with Crippen LogP contribution >= 0.6 is 0 Å². The van der Waals surface area contributed by atoms with E-state index in [0.29, 0.717) is 12.4 Å². The molecule has 1 heterocycles. The third kappa shape index (κ3) is 2.94. The van der Waals surface area contributed by atoms with Gasteiger partial charge in [-0.15, -0.1) is 0 Å². The fraction of sp³-hybridized carbons (Fsp3) is 0.364. The number of carbonyl (C=O) groups is 1. The molecule has 1 aliphatic heterocycles. The van der Waals surface area contributed by atoms with E-state index in [2.05, 4.69) is 10.7 Å². The minimum atomic E-state index is -0.119. The fourth-order valence-corrected chi connectivity index (χ4v) is 1.75. The van der Waals surface area contributed by atoms with Crippen LogP contribution in [0, 0.1) is 0 Å². The number of nitrogens with zero attached hydrogens (tertiary/aromatic N) is 1. The molecule has 0 atom stereocenters. The van der Waals surface area contributed by atoms with Crippen molar-refractivity contribution in [2.45, 2.75) is 6.54 Å². The summed E-state index contributed by atoms with van der Waals surface area (Å²) < 4.78 is 5.29. The average Bonchev–Trinajstić information content (AvgIpc) is 2.28. The number of nitrogens with two attached hydrogens (primary N) is 1. The van der Waals surface area contributed by atoms with Crippen LogP contribution in [0.4, 0.5) is 5.69 Å². The van der Waals surface area contributed by atoms with Crippen molar-refractivity contribution in [3.05, 3.63) is 23.8 Å². The van der Waals surface area contributed by atoms with Crippen molar-refractivity contribution in [2.24, 2.45) is 5.84 Å². The van der Waals surface area contributed by atoms with Crippen LogP contribution in [-0.2, 0) is 11.3 Å². The van der Waals surface area contributed by atoms with Crippen molar-refractivity contribution in [1.82, 2.24) is 10.3 Å². The SMILES string of the molecule is CN(CNN)Cc1ccc2c(c1)NC(=O)CO2. The zero-order chi connectivity index (χ0) is 12.3. The van der Waals surface area contributed by atoms with Crippen molar-refractivity contribution in [3.8, 4) is 5.75 Å². The van der Waals surface area contributed by atoms with Crippen LogP contribution in [0.15, 0.2) is 18.2 Å². The van der Waals surface area contributed by atoms with E-state index < -0.39 is 0 Å². The molecule has 0 spiro atoms. The number of fused-ring (bicyclic) bond motifs is 1. The highest BCUT2D eigenvalue weighted by Crippen LogP contribution is 2.28. The van der Waals surface area contributed by atoms with Crippen LogP contribution in [0.3, 0.4) is 0 Å². The monoisotopic (exact) mass is 236 g/mol. The number of carbonyl (C=O) groups excluding carboxylic acids is 1. The van der Waals surface area contributed by atoms with Crippen LogP contribution in [0.5, 0.6) is 5.75 Å². The normalized spacial score (nSPS) is 14.2. The number of hydrogen-bond acceptors (Lipinski definition) is 5. The van der Waals surface area contributed by atoms with Crippen LogP contribution < -0.4 is 21.3 Å². The summed E-state index contributed by atoms with van der Waals surface area (Å²) in [7, 11) is 1.95. The van der Waals surface area contributed by atoms with Gasteiger partial charge in [0, 0.05) is 6.54 Å². The number of benzene rings is 1. The van der Waals surface area contributed by atoms with E-state index in [1.165, 1.54) is 0 Å². The summed E-state index contributed by atoms with van der Waals surface area (Å²) in [5.41, 5.74) is 4.41. The summed E-state index contributed by atoms with van der Waals surface area (Å²) in [4.78, 5) is 13.2. The van der Waals surface area contributed by atoms with Gasteiger partial charge in [-0.3, -0.25) is 15.5 Å². The molecule has 0 aromatic heterocycles. The van der Waals surface area contributed by atoms with E-state index >= 15 is 0 Å². The summed E-state index contributed by atoms with van der Waals surface area (Å²) >= 11 is 0. The van der Waals surface area contributed by atoms with Crippen LogP contribution in [0.1, 0.15) is 5.56 Å². The second-order valence-electron chi connectivity index (χ2n) is 4.04. The van der Waals surface area contributed by atoms with E-state index in [9.17, 15) is 4.79 Å². The summed E-state index contributed by atoms with van der Waals surface area (Å²) in [6.07, 6.45) is 0. The number of amides is 1. The van der Waals surface area contributed by atoms with Gasteiger partial charge in [-0.2, -0.15) is 0 Å². The lowest BCUT2D eigenvalue weighted by Gasteiger charge is -2.20. The zero-order valence-corrected chi connectivity index (χ0v) is 9.69. The maximum Gasteiger partial charge on any atom is 0.262 e. The molecule has 0 bridgehead atoms. The quantitative estimate of drug-likeness (QED) is 0.385. The van der Waals surface area contributed by atoms with Crippen molar-refractivity contribution in [3.63, 3.8) is 0 Å². The van der Waals surface area contributed by atoms with Crippen molar-refractivity contribution in [1.29, 1.82) is 0 Å². The van der Waals surface area contributed by atoms with E-state index in [4.69, 9.17) is 10.6 Å². The largest absolute Gasteiger partial charge is 0.482 e. The molecule has 1 aromatic carbocycles. The number of ether oxygens (including phenoxy) is 1. The molecule has 1 aliphatic rings. The van der Waals surface area contributed by atoms with Gasteiger partial charge in [-0.1, -0.05) is 6.07 Å². The fourth-order valence-electron chi connectivity index (χ4n) is 1.75. The Bertz CT molecular complexity index is 422. The smallest absolute Gasteiger partial charge is 0.262 e. The highest BCUT2D eigenvalue weighted by molar-refractivity contribution is 5.95. The minimum absolute atomic E-state index is 0.0866. The van der Waals surface area contributed by atoms with E-state index in [-0.39, 0.29) is 12.5 Å². The third-order valence-electron chi connectivity index (χ3n) is 2.49. The number of anilines is 1. The first-order valence-corrected chi connectivity index (χ1v) is 5.36. The lowest BCUT2D eigenvalue weighted by atomic mass is 10.1. The molecule has 1 aromatic rings. The molecule has 1 amide bonds. The average molecular weight is 236 g/mol. The lowest BCUT2D eigenvalue weighted by Crippen LogP contribution is -2.35. The summed E-state index contributed by atoms with van der Waals surface area (Å²) in [5.74, 6) is 5.84. The van der Waals surface area contributed by atoms with Crippen molar-refractivity contribution in [2.75, 3.05) is 25.6 Å². The molecule has 0 radical (unpaired) electrons. The third-order valence-corrected chi connectivity index (χ3v) is 2.49. The van der Waals surface area contributed by atoms with Crippen LogP contribution in [-0.4, -0.2) is 31.1 Å². The van der Waals surface area contributed by atoms with Crippen molar-refractivity contribution < 1.29 is 9.53 Å². The summed E-state index contributed by atoms with van der Waals surface area (Å²) in [6, 6.07) is 5.76. The summed E-state index contributed by atoms with van der Waals surface area (Å²) in [5, 5.41) is 2.78. The Morgan fingerprint density at radius 3 is 3.18 bits per heavy atom. The Balaban J connectivity index is 2.10. The lowest BCUT2D eigenvalue weighted by molar-refractivity contribution is -0.118. The van der Waals surface area contributed by atoms with E-state index in [0.717, 1.165) is 17.8 Å². The highest BCUT2D eigenvalue weighted by Gasteiger charge is 2.15. The maximum absolute atomic E-state index is 11.2. The Kier molecular flexibility index (Phi) is 3.58. The second kappa shape index (κ2) is 5.13. The first-order valence-electron chi connectivity index (χ1n) is 5.36. The molecule has 0 saturated heterocycles. The van der Waals surface area contributed by atoms with Gasteiger partial charge >= 0.3 is 0 Å². The molecular weight excluding hydrogens is 220 g/mol. The second-order valence-corrected chi connectivity index (χ2v) is 4.04. The van der Waals surface area contributed by atoms with Crippen LogP contribution in [0.2, 0.25) is 0 Å². The summed E-state index contributed by atoms with van der Waals surface area (Å²) in [6.45, 7) is 1.43. The van der Waals surface area contributed by atoms with E-state index in [1.54, 1.807) is 0 Å². The Morgan fingerprint density at radius 1 is 1.59 bits per heavy atom. The first kappa shape index (κ1) is 11.8. The number of hydrazine groups is 1. The topological polar surface area (TPSA) is 79.6 Å². The Hall–Kier alpha value is -1.63. The molecule has 17 heavy (non-hydrogen) atoms. The molecule has 4 N–H and O–H groups in total. The van der Waals surface area contributed by atoms with Gasteiger partial charge in [-0.05, 0) is 24.7 Å². The molecule has 0 unspecified atom stereocenters. The predicted octanol–water partition coefficient (Wildman–Crippen LogP) is -0.130. The molecule has 6 heteroatoms. The molecule has 0 aliphatic carbocycles. The first-order chi connectivity index (χ1) is 8.19. The van der Waals surface area contributed by atoms with Gasteiger partial charge < -0.3 is 10.1 Å². The van der Waals surface area contributed by atoms with Gasteiger partial charge in [0.1, 0.15) is 5.75 Å². The van der Waals surface area contributed by atoms with Gasteiger partial charge in [0.2, 0.25) is 0 Å². The predicted molar refractivity (Wildman–Crippen MR) is 64.2 cm³/mol. The molecule has 6 nitrogen and oxygen atoms in total. The number of nitrogens with one attached hydrogen (secondary N) is 2. The van der Waals surface area contributed by atoms with Crippen molar-refractivity contribution >= 4 is 11.6 Å². The van der Waals surface area contributed by atoms with Gasteiger partial charge in [-0.25, -0.2) is 5.43 Å². The molecular formula is C11H16N4O2. The molecule has 92 valence electrons. The highest BCUT2D eigenvalue weighted by atomic mass is 16.5. The maximum atomic E-state index is 11.2. The van der Waals surface area contributed by atoms with Gasteiger partial charge in [0.05, 0.1) is 12.4 Å². The Labute approximate surface area is 99.7 Å². The number of rotatable bonds is 4. The molecule has 0 saturated carbocycles.